The fraction of sp³-hybridized carbons (Fsp3) is 0.286. The quantitative estimate of drug-likeness (QED) is 0.692. The molecule has 0 atom stereocenters. The van der Waals surface area contributed by atoms with E-state index in [1.54, 1.807) is 23.7 Å². The number of carbonyl (C=O) groups is 1. The summed E-state index contributed by atoms with van der Waals surface area (Å²) in [4.78, 5) is 23.5. The van der Waals surface area contributed by atoms with Gasteiger partial charge in [0.1, 0.15) is 0 Å². The van der Waals surface area contributed by atoms with Crippen LogP contribution >= 0.6 is 11.3 Å². The lowest BCUT2D eigenvalue weighted by atomic mass is 10.2. The summed E-state index contributed by atoms with van der Waals surface area (Å²) in [5, 5.41) is 6.03. The van der Waals surface area contributed by atoms with Gasteiger partial charge in [0.2, 0.25) is 5.91 Å². The summed E-state index contributed by atoms with van der Waals surface area (Å²) in [5.41, 5.74) is 3.80. The maximum atomic E-state index is 12.5. The van der Waals surface area contributed by atoms with E-state index in [1.165, 1.54) is 0 Å². The molecule has 0 radical (unpaired) electrons. The lowest BCUT2D eigenvalue weighted by Gasteiger charge is -2.30. The van der Waals surface area contributed by atoms with E-state index in [-0.39, 0.29) is 5.91 Å². The lowest BCUT2D eigenvalue weighted by Crippen LogP contribution is -2.36. The predicted octanol–water partition coefficient (Wildman–Crippen LogP) is 3.61. The number of anilines is 2. The molecule has 1 aromatic carbocycles. The minimum absolute atomic E-state index is 0.00108. The zero-order chi connectivity index (χ0) is 19.2. The standard InChI is InChI=1S/C21H22N4O2S/c26-20(7-8-21-24-18(15-28-21)16-4-3-9-22-14-16)23-17-5-1-2-6-19(17)25-10-12-27-13-11-25/h1-6,9,14-15H,7-8,10-13H2,(H,23,26). The second-order valence-corrected chi connectivity index (χ2v) is 7.48. The first kappa shape index (κ1) is 18.6. The van der Waals surface area contributed by atoms with Gasteiger partial charge >= 0.3 is 0 Å². The van der Waals surface area contributed by atoms with E-state index in [0.717, 1.165) is 40.7 Å². The van der Waals surface area contributed by atoms with Crippen LogP contribution in [0.25, 0.3) is 11.3 Å². The molecule has 144 valence electrons. The molecule has 2 aromatic heterocycles. The highest BCUT2D eigenvalue weighted by atomic mass is 32.1. The summed E-state index contributed by atoms with van der Waals surface area (Å²) < 4.78 is 5.42. The number of aryl methyl sites for hydroxylation is 1. The summed E-state index contributed by atoms with van der Waals surface area (Å²) in [6.07, 6.45) is 4.57. The molecule has 3 heterocycles. The normalized spacial score (nSPS) is 14.1. The minimum Gasteiger partial charge on any atom is -0.378 e. The Kier molecular flexibility index (Phi) is 5.94. The van der Waals surface area contributed by atoms with Crippen molar-refractivity contribution in [3.8, 4) is 11.3 Å². The van der Waals surface area contributed by atoms with Gasteiger partial charge in [0.05, 0.1) is 35.3 Å². The molecule has 1 saturated heterocycles. The molecular weight excluding hydrogens is 372 g/mol. The van der Waals surface area contributed by atoms with Gasteiger partial charge in [0.25, 0.3) is 0 Å². The Labute approximate surface area is 168 Å². The predicted molar refractivity (Wildman–Crippen MR) is 112 cm³/mol. The van der Waals surface area contributed by atoms with Crippen LogP contribution in [-0.2, 0) is 16.0 Å². The number of pyridine rings is 1. The van der Waals surface area contributed by atoms with Crippen LogP contribution in [0, 0.1) is 0 Å². The summed E-state index contributed by atoms with van der Waals surface area (Å²) in [6.45, 7) is 3.10. The molecule has 1 aliphatic rings. The number of hydrogen-bond donors (Lipinski definition) is 1. The van der Waals surface area contributed by atoms with Crippen molar-refractivity contribution in [2.45, 2.75) is 12.8 Å². The van der Waals surface area contributed by atoms with Gasteiger partial charge in [-0.3, -0.25) is 9.78 Å². The minimum atomic E-state index is -0.00108. The van der Waals surface area contributed by atoms with E-state index in [0.29, 0.717) is 26.1 Å². The molecule has 0 saturated carbocycles. The first-order valence-corrected chi connectivity index (χ1v) is 10.2. The van der Waals surface area contributed by atoms with Crippen molar-refractivity contribution in [3.05, 3.63) is 59.2 Å². The second-order valence-electron chi connectivity index (χ2n) is 6.53. The Morgan fingerprint density at radius 2 is 2.04 bits per heavy atom. The monoisotopic (exact) mass is 394 g/mol. The first-order chi connectivity index (χ1) is 13.8. The molecule has 1 N–H and O–H groups in total. The van der Waals surface area contributed by atoms with Gasteiger partial charge in [0, 0.05) is 49.3 Å². The number of nitrogens with one attached hydrogen (secondary N) is 1. The Balaban J connectivity index is 1.36. The van der Waals surface area contributed by atoms with Crippen molar-refractivity contribution >= 4 is 28.6 Å². The van der Waals surface area contributed by atoms with E-state index in [2.05, 4.69) is 20.2 Å². The SMILES string of the molecule is O=C(CCc1nc(-c2cccnc2)cs1)Nc1ccccc1N1CCOCC1. The molecule has 0 spiro atoms. The van der Waals surface area contributed by atoms with Crippen molar-refractivity contribution in [1.29, 1.82) is 0 Å². The molecule has 0 bridgehead atoms. The van der Waals surface area contributed by atoms with Crippen LogP contribution in [0.1, 0.15) is 11.4 Å². The Morgan fingerprint density at radius 1 is 1.18 bits per heavy atom. The number of thiazole rings is 1. The molecular formula is C21H22N4O2S. The van der Waals surface area contributed by atoms with Crippen molar-refractivity contribution in [2.75, 3.05) is 36.5 Å². The first-order valence-electron chi connectivity index (χ1n) is 9.36. The Morgan fingerprint density at radius 3 is 2.86 bits per heavy atom. The van der Waals surface area contributed by atoms with Crippen molar-refractivity contribution in [3.63, 3.8) is 0 Å². The molecule has 0 aliphatic carbocycles. The number of benzene rings is 1. The number of morpholine rings is 1. The third kappa shape index (κ3) is 4.55. The number of aromatic nitrogens is 2. The average Bonchev–Trinajstić information content (AvgIpc) is 3.23. The highest BCUT2D eigenvalue weighted by molar-refractivity contribution is 7.09. The second kappa shape index (κ2) is 8.95. The largest absolute Gasteiger partial charge is 0.378 e. The number of nitrogens with zero attached hydrogens (tertiary/aromatic N) is 3. The van der Waals surface area contributed by atoms with Gasteiger partial charge in [-0.25, -0.2) is 4.98 Å². The fourth-order valence-electron chi connectivity index (χ4n) is 3.17. The molecule has 3 aromatic rings. The zero-order valence-corrected chi connectivity index (χ0v) is 16.3. The lowest BCUT2D eigenvalue weighted by molar-refractivity contribution is -0.116. The smallest absolute Gasteiger partial charge is 0.224 e. The number of carbonyl (C=O) groups excluding carboxylic acids is 1. The highest BCUT2D eigenvalue weighted by Gasteiger charge is 2.16. The van der Waals surface area contributed by atoms with Crippen LogP contribution in [-0.4, -0.2) is 42.2 Å². The summed E-state index contributed by atoms with van der Waals surface area (Å²) in [5.74, 6) is -0.00108. The van der Waals surface area contributed by atoms with Crippen LogP contribution < -0.4 is 10.2 Å². The molecule has 28 heavy (non-hydrogen) atoms. The topological polar surface area (TPSA) is 67.4 Å². The van der Waals surface area contributed by atoms with Gasteiger partial charge in [-0.05, 0) is 24.3 Å². The summed E-state index contributed by atoms with van der Waals surface area (Å²) >= 11 is 1.58. The van der Waals surface area contributed by atoms with Crippen LogP contribution in [0.4, 0.5) is 11.4 Å². The maximum absolute atomic E-state index is 12.5. The van der Waals surface area contributed by atoms with Crippen molar-refractivity contribution in [1.82, 2.24) is 9.97 Å². The van der Waals surface area contributed by atoms with Crippen LogP contribution in [0.3, 0.4) is 0 Å². The zero-order valence-electron chi connectivity index (χ0n) is 15.5. The third-order valence-corrected chi connectivity index (χ3v) is 5.51. The van der Waals surface area contributed by atoms with E-state index >= 15 is 0 Å². The number of amides is 1. The van der Waals surface area contributed by atoms with E-state index < -0.39 is 0 Å². The average molecular weight is 395 g/mol. The number of ether oxygens (including phenoxy) is 1. The number of hydrogen-bond acceptors (Lipinski definition) is 6. The molecule has 1 aliphatic heterocycles. The molecule has 1 amide bonds. The van der Waals surface area contributed by atoms with Gasteiger partial charge in [0.15, 0.2) is 0 Å². The van der Waals surface area contributed by atoms with Crippen LogP contribution in [0.2, 0.25) is 0 Å². The van der Waals surface area contributed by atoms with Crippen molar-refractivity contribution in [2.24, 2.45) is 0 Å². The van der Waals surface area contributed by atoms with Gasteiger partial charge in [-0.2, -0.15) is 0 Å². The van der Waals surface area contributed by atoms with Crippen LogP contribution in [0.5, 0.6) is 0 Å². The van der Waals surface area contributed by atoms with E-state index in [9.17, 15) is 4.79 Å². The third-order valence-electron chi connectivity index (χ3n) is 4.60. The highest BCUT2D eigenvalue weighted by Crippen LogP contribution is 2.27. The van der Waals surface area contributed by atoms with Gasteiger partial charge in [-0.1, -0.05) is 12.1 Å². The molecule has 1 fully saturated rings. The Bertz CT molecular complexity index is 923. The molecule has 4 rings (SSSR count). The Hall–Kier alpha value is -2.77. The molecule has 7 heteroatoms. The van der Waals surface area contributed by atoms with Gasteiger partial charge < -0.3 is 15.0 Å². The molecule has 0 unspecified atom stereocenters. The maximum Gasteiger partial charge on any atom is 0.224 e. The van der Waals surface area contributed by atoms with E-state index in [1.807, 2.05) is 41.8 Å². The summed E-state index contributed by atoms with van der Waals surface area (Å²) in [6, 6.07) is 11.8. The fourth-order valence-corrected chi connectivity index (χ4v) is 3.97. The van der Waals surface area contributed by atoms with Crippen LogP contribution in [0.15, 0.2) is 54.2 Å². The van der Waals surface area contributed by atoms with E-state index in [4.69, 9.17) is 4.74 Å². The van der Waals surface area contributed by atoms with Gasteiger partial charge in [-0.15, -0.1) is 11.3 Å². The molecule has 6 nitrogen and oxygen atoms in total. The number of rotatable bonds is 6. The summed E-state index contributed by atoms with van der Waals surface area (Å²) in [7, 11) is 0. The number of para-hydroxylation sites is 2. The van der Waals surface area contributed by atoms with Crippen molar-refractivity contribution < 1.29 is 9.53 Å².